The predicted octanol–water partition coefficient (Wildman–Crippen LogP) is -0.0119. The average molecular weight is 135 g/mol. The minimum atomic E-state index is -0.397. The highest BCUT2D eigenvalue weighted by molar-refractivity contribution is 6.62. The van der Waals surface area contributed by atoms with Gasteiger partial charge in [0, 0.05) is 19.1 Å². The third-order valence-electron chi connectivity index (χ3n) is 1.16. The number of halogens is 1. The van der Waals surface area contributed by atoms with E-state index in [0.29, 0.717) is 13.1 Å². The van der Waals surface area contributed by atoms with Crippen LogP contribution in [0.3, 0.4) is 0 Å². The first kappa shape index (κ1) is 5.85. The standard InChI is InChI=1S/C4H7ClN2O/c5-4(8)7-1-3(6)2-7/h3H,1-2,6H2. The molecule has 2 N–H and O–H groups in total. The van der Waals surface area contributed by atoms with Gasteiger partial charge in [0.2, 0.25) is 0 Å². The van der Waals surface area contributed by atoms with Crippen LogP contribution in [0.15, 0.2) is 0 Å². The largest absolute Gasteiger partial charge is 0.326 e. The Kier molecular flexibility index (Phi) is 1.40. The van der Waals surface area contributed by atoms with Crippen LogP contribution in [-0.2, 0) is 0 Å². The predicted molar refractivity (Wildman–Crippen MR) is 30.8 cm³/mol. The number of hydrogen-bond donors (Lipinski definition) is 1. The van der Waals surface area contributed by atoms with Crippen molar-refractivity contribution in [2.75, 3.05) is 13.1 Å². The van der Waals surface area contributed by atoms with Gasteiger partial charge >= 0.3 is 5.37 Å². The molecule has 0 unspecified atom stereocenters. The summed E-state index contributed by atoms with van der Waals surface area (Å²) in [7, 11) is 0. The van der Waals surface area contributed by atoms with Crippen molar-refractivity contribution >= 4 is 17.0 Å². The molecule has 8 heavy (non-hydrogen) atoms. The van der Waals surface area contributed by atoms with Gasteiger partial charge < -0.3 is 10.6 Å². The lowest BCUT2D eigenvalue weighted by molar-refractivity contribution is 0.174. The van der Waals surface area contributed by atoms with Gasteiger partial charge in [-0.25, -0.2) is 0 Å². The molecule has 1 aliphatic heterocycles. The molecule has 1 fully saturated rings. The summed E-state index contributed by atoms with van der Waals surface area (Å²) in [5, 5.41) is -0.397. The Balaban J connectivity index is 2.25. The summed E-state index contributed by atoms with van der Waals surface area (Å²) >= 11 is 5.08. The van der Waals surface area contributed by atoms with E-state index in [2.05, 4.69) is 0 Å². The van der Waals surface area contributed by atoms with Crippen LogP contribution in [0.25, 0.3) is 0 Å². The molecule has 46 valence electrons. The minimum Gasteiger partial charge on any atom is -0.326 e. The Morgan fingerprint density at radius 1 is 1.75 bits per heavy atom. The highest BCUT2D eigenvalue weighted by Crippen LogP contribution is 2.07. The summed E-state index contributed by atoms with van der Waals surface area (Å²) in [5.41, 5.74) is 5.35. The molecule has 0 aromatic carbocycles. The normalized spacial score (nSPS) is 20.5. The second-order valence-electron chi connectivity index (χ2n) is 1.92. The number of likely N-dealkylation sites (tertiary alicyclic amines) is 1. The van der Waals surface area contributed by atoms with E-state index in [1.54, 1.807) is 0 Å². The zero-order valence-corrected chi connectivity index (χ0v) is 5.06. The Morgan fingerprint density at radius 2 is 2.25 bits per heavy atom. The van der Waals surface area contributed by atoms with E-state index in [4.69, 9.17) is 17.3 Å². The minimum absolute atomic E-state index is 0.151. The van der Waals surface area contributed by atoms with Crippen molar-refractivity contribution < 1.29 is 4.79 Å². The van der Waals surface area contributed by atoms with Crippen LogP contribution < -0.4 is 5.73 Å². The molecule has 0 saturated carbocycles. The Morgan fingerprint density at radius 3 is 2.38 bits per heavy atom. The van der Waals surface area contributed by atoms with E-state index in [1.165, 1.54) is 4.90 Å². The van der Waals surface area contributed by atoms with E-state index in [0.717, 1.165) is 0 Å². The van der Waals surface area contributed by atoms with Crippen LogP contribution >= 0.6 is 11.6 Å². The Labute approximate surface area is 52.4 Å². The zero-order chi connectivity index (χ0) is 6.15. The van der Waals surface area contributed by atoms with Crippen molar-refractivity contribution in [3.63, 3.8) is 0 Å². The summed E-state index contributed by atoms with van der Waals surface area (Å²) in [6.07, 6.45) is 0. The molecule has 0 aromatic heterocycles. The third kappa shape index (κ3) is 0.928. The molecule has 0 radical (unpaired) electrons. The van der Waals surface area contributed by atoms with E-state index in [1.807, 2.05) is 0 Å². The van der Waals surface area contributed by atoms with Crippen LogP contribution in [0.1, 0.15) is 0 Å². The molecule has 1 rings (SSSR count). The first-order chi connectivity index (χ1) is 3.70. The smallest absolute Gasteiger partial charge is 0.316 e. The molecule has 0 bridgehead atoms. The Bertz CT molecular complexity index is 111. The lowest BCUT2D eigenvalue weighted by Crippen LogP contribution is -2.56. The highest BCUT2D eigenvalue weighted by Gasteiger charge is 2.25. The molecule has 0 atom stereocenters. The van der Waals surface area contributed by atoms with E-state index < -0.39 is 5.37 Å². The van der Waals surface area contributed by atoms with Crippen molar-refractivity contribution in [1.29, 1.82) is 0 Å². The molecule has 1 saturated heterocycles. The first-order valence-corrected chi connectivity index (χ1v) is 2.78. The molecule has 0 aliphatic carbocycles. The third-order valence-corrected chi connectivity index (χ3v) is 1.40. The second kappa shape index (κ2) is 1.91. The fraction of sp³-hybridized carbons (Fsp3) is 0.750. The Hall–Kier alpha value is -0.280. The van der Waals surface area contributed by atoms with Gasteiger partial charge in [0.1, 0.15) is 0 Å². The topological polar surface area (TPSA) is 46.3 Å². The van der Waals surface area contributed by atoms with Gasteiger partial charge in [-0.05, 0) is 11.6 Å². The molecule has 1 aliphatic rings. The van der Waals surface area contributed by atoms with Crippen molar-refractivity contribution in [2.24, 2.45) is 5.73 Å². The molecule has 0 spiro atoms. The van der Waals surface area contributed by atoms with Crippen LogP contribution in [-0.4, -0.2) is 29.4 Å². The van der Waals surface area contributed by atoms with Crippen molar-refractivity contribution in [1.82, 2.24) is 4.90 Å². The van der Waals surface area contributed by atoms with Crippen LogP contribution in [0.4, 0.5) is 4.79 Å². The lowest BCUT2D eigenvalue weighted by Gasteiger charge is -2.34. The van der Waals surface area contributed by atoms with Crippen LogP contribution in [0.2, 0.25) is 0 Å². The molecule has 3 nitrogen and oxygen atoms in total. The summed E-state index contributed by atoms with van der Waals surface area (Å²) < 4.78 is 0. The molecule has 0 aromatic rings. The highest BCUT2D eigenvalue weighted by atomic mass is 35.5. The molecule has 1 heterocycles. The monoisotopic (exact) mass is 134 g/mol. The van der Waals surface area contributed by atoms with E-state index in [9.17, 15) is 4.79 Å². The number of nitrogens with zero attached hydrogens (tertiary/aromatic N) is 1. The van der Waals surface area contributed by atoms with E-state index in [-0.39, 0.29) is 6.04 Å². The summed E-state index contributed by atoms with van der Waals surface area (Å²) in [6, 6.07) is 0.151. The van der Waals surface area contributed by atoms with Gasteiger partial charge in [-0.3, -0.25) is 4.79 Å². The fourth-order valence-electron chi connectivity index (χ4n) is 0.656. The quantitative estimate of drug-likeness (QED) is 0.374. The zero-order valence-electron chi connectivity index (χ0n) is 4.30. The van der Waals surface area contributed by atoms with Crippen molar-refractivity contribution in [2.45, 2.75) is 6.04 Å². The van der Waals surface area contributed by atoms with Crippen molar-refractivity contribution in [3.8, 4) is 0 Å². The van der Waals surface area contributed by atoms with Crippen LogP contribution in [0.5, 0.6) is 0 Å². The maximum absolute atomic E-state index is 10.2. The molecular weight excluding hydrogens is 128 g/mol. The number of rotatable bonds is 0. The van der Waals surface area contributed by atoms with Gasteiger partial charge in [-0.1, -0.05) is 0 Å². The van der Waals surface area contributed by atoms with Gasteiger partial charge in [-0.15, -0.1) is 0 Å². The number of carbonyl (C=O) groups excluding carboxylic acids is 1. The maximum atomic E-state index is 10.2. The first-order valence-electron chi connectivity index (χ1n) is 2.40. The van der Waals surface area contributed by atoms with E-state index >= 15 is 0 Å². The van der Waals surface area contributed by atoms with Crippen molar-refractivity contribution in [3.05, 3.63) is 0 Å². The SMILES string of the molecule is NC1CN(C(=O)Cl)C1. The maximum Gasteiger partial charge on any atom is 0.316 e. The number of amides is 1. The lowest BCUT2D eigenvalue weighted by atomic mass is 10.2. The van der Waals surface area contributed by atoms with Crippen LogP contribution in [0, 0.1) is 0 Å². The summed E-state index contributed by atoms with van der Waals surface area (Å²) in [6.45, 7) is 1.23. The summed E-state index contributed by atoms with van der Waals surface area (Å²) in [5.74, 6) is 0. The van der Waals surface area contributed by atoms with Gasteiger partial charge in [0.05, 0.1) is 0 Å². The number of hydrogen-bond acceptors (Lipinski definition) is 2. The second-order valence-corrected chi connectivity index (χ2v) is 2.24. The molecule has 4 heteroatoms. The number of carbonyl (C=O) groups is 1. The van der Waals surface area contributed by atoms with Gasteiger partial charge in [0.25, 0.3) is 0 Å². The molecular formula is C4H7ClN2O. The van der Waals surface area contributed by atoms with Gasteiger partial charge in [0.15, 0.2) is 0 Å². The number of nitrogens with two attached hydrogens (primary N) is 1. The van der Waals surface area contributed by atoms with Gasteiger partial charge in [-0.2, -0.15) is 0 Å². The molecule has 1 amide bonds. The summed E-state index contributed by atoms with van der Waals surface area (Å²) in [4.78, 5) is 11.7. The fourth-order valence-corrected chi connectivity index (χ4v) is 0.794. The average Bonchev–Trinajstić information content (AvgIpc) is 1.57.